The molecule has 0 aliphatic heterocycles. The minimum Gasteiger partial charge on any atom is -0.360 e. The molecule has 2 heterocycles. The number of hydrogen-bond acceptors (Lipinski definition) is 6. The third-order valence-corrected chi connectivity index (χ3v) is 4.57. The Morgan fingerprint density at radius 1 is 1.31 bits per heavy atom. The molecular weight excluding hydrogens is 376 g/mol. The van der Waals surface area contributed by atoms with E-state index in [1.54, 1.807) is 44.2 Å². The van der Waals surface area contributed by atoms with Crippen molar-refractivity contribution < 1.29 is 9.32 Å². The van der Waals surface area contributed by atoms with Crippen LogP contribution in [0, 0.1) is 13.8 Å². The van der Waals surface area contributed by atoms with Crippen molar-refractivity contribution in [2.45, 2.75) is 19.0 Å². The SMILES string of the molecule is Cc1cc(NC(=O)CSc2nc(C)c(-c3ccc(Cl)cc3)c(=O)[nH]2)no1. The van der Waals surface area contributed by atoms with Crippen molar-refractivity contribution in [1.82, 2.24) is 15.1 Å². The van der Waals surface area contributed by atoms with Crippen LogP contribution in [0.1, 0.15) is 11.5 Å². The summed E-state index contributed by atoms with van der Waals surface area (Å²) < 4.78 is 4.88. The second kappa shape index (κ2) is 7.76. The summed E-state index contributed by atoms with van der Waals surface area (Å²) in [6, 6.07) is 8.58. The highest BCUT2D eigenvalue weighted by atomic mass is 35.5. The van der Waals surface area contributed by atoms with Crippen LogP contribution in [0.5, 0.6) is 0 Å². The molecule has 0 spiro atoms. The Bertz CT molecular complexity index is 998. The van der Waals surface area contributed by atoms with Crippen LogP contribution in [0.2, 0.25) is 5.02 Å². The lowest BCUT2D eigenvalue weighted by atomic mass is 10.1. The number of nitrogens with one attached hydrogen (secondary N) is 2. The van der Waals surface area contributed by atoms with E-state index < -0.39 is 0 Å². The predicted octanol–water partition coefficient (Wildman–Crippen LogP) is 3.43. The first-order valence-corrected chi connectivity index (χ1v) is 9.01. The number of H-pyrrole nitrogens is 1. The average molecular weight is 391 g/mol. The second-order valence-electron chi connectivity index (χ2n) is 5.50. The van der Waals surface area contributed by atoms with Gasteiger partial charge in [0.25, 0.3) is 5.56 Å². The topological polar surface area (TPSA) is 101 Å². The maximum absolute atomic E-state index is 12.4. The first-order chi connectivity index (χ1) is 12.4. The van der Waals surface area contributed by atoms with Crippen molar-refractivity contribution >= 4 is 35.1 Å². The van der Waals surface area contributed by atoms with Crippen LogP contribution in [0.25, 0.3) is 11.1 Å². The molecule has 3 aromatic rings. The lowest BCUT2D eigenvalue weighted by molar-refractivity contribution is -0.113. The number of aryl methyl sites for hydroxylation is 2. The van der Waals surface area contributed by atoms with Gasteiger partial charge in [-0.1, -0.05) is 40.7 Å². The summed E-state index contributed by atoms with van der Waals surface area (Å²) in [5.41, 5.74) is 1.52. The Labute approximate surface area is 158 Å². The lowest BCUT2D eigenvalue weighted by Crippen LogP contribution is -2.17. The summed E-state index contributed by atoms with van der Waals surface area (Å²) in [6.45, 7) is 3.48. The van der Waals surface area contributed by atoms with E-state index in [2.05, 4.69) is 20.4 Å². The van der Waals surface area contributed by atoms with Crippen LogP contribution in [-0.4, -0.2) is 26.8 Å². The van der Waals surface area contributed by atoms with Crippen molar-refractivity contribution in [3.63, 3.8) is 0 Å². The molecule has 0 unspecified atom stereocenters. The van der Waals surface area contributed by atoms with Gasteiger partial charge in [-0.05, 0) is 31.5 Å². The van der Waals surface area contributed by atoms with Gasteiger partial charge < -0.3 is 14.8 Å². The van der Waals surface area contributed by atoms with Crippen LogP contribution < -0.4 is 10.9 Å². The summed E-state index contributed by atoms with van der Waals surface area (Å²) >= 11 is 7.01. The van der Waals surface area contributed by atoms with E-state index in [1.807, 2.05) is 0 Å². The zero-order chi connectivity index (χ0) is 18.7. The Kier molecular flexibility index (Phi) is 5.43. The zero-order valence-electron chi connectivity index (χ0n) is 14.0. The fourth-order valence-electron chi connectivity index (χ4n) is 2.32. The van der Waals surface area contributed by atoms with E-state index in [9.17, 15) is 9.59 Å². The number of thioether (sulfide) groups is 1. The Balaban J connectivity index is 1.70. The molecule has 1 aromatic carbocycles. The van der Waals surface area contributed by atoms with Gasteiger partial charge in [-0.3, -0.25) is 9.59 Å². The molecule has 0 aliphatic carbocycles. The highest BCUT2D eigenvalue weighted by molar-refractivity contribution is 7.99. The van der Waals surface area contributed by atoms with Crippen molar-refractivity contribution in [1.29, 1.82) is 0 Å². The number of aromatic amines is 1. The van der Waals surface area contributed by atoms with Gasteiger partial charge in [-0.15, -0.1) is 0 Å². The number of hydrogen-bond donors (Lipinski definition) is 2. The first-order valence-electron chi connectivity index (χ1n) is 7.65. The highest BCUT2D eigenvalue weighted by Crippen LogP contribution is 2.22. The van der Waals surface area contributed by atoms with Crippen molar-refractivity contribution in [2.24, 2.45) is 0 Å². The molecule has 0 bridgehead atoms. The van der Waals surface area contributed by atoms with Gasteiger partial charge in [-0.25, -0.2) is 4.98 Å². The number of halogens is 1. The molecule has 0 radical (unpaired) electrons. The van der Waals surface area contributed by atoms with Gasteiger partial charge in [-0.2, -0.15) is 0 Å². The molecule has 0 fully saturated rings. The number of carbonyl (C=O) groups excluding carboxylic acids is 1. The number of aromatic nitrogens is 3. The fourth-order valence-corrected chi connectivity index (χ4v) is 3.16. The molecule has 2 aromatic heterocycles. The molecule has 0 aliphatic rings. The lowest BCUT2D eigenvalue weighted by Gasteiger charge is -2.07. The van der Waals surface area contributed by atoms with E-state index in [1.165, 1.54) is 0 Å². The molecule has 2 N–H and O–H groups in total. The summed E-state index contributed by atoms with van der Waals surface area (Å²) in [6.07, 6.45) is 0. The Morgan fingerprint density at radius 2 is 2.04 bits per heavy atom. The van der Waals surface area contributed by atoms with E-state index >= 15 is 0 Å². The van der Waals surface area contributed by atoms with Crippen molar-refractivity contribution in [3.8, 4) is 11.1 Å². The normalized spacial score (nSPS) is 10.7. The van der Waals surface area contributed by atoms with E-state index in [0.717, 1.165) is 17.3 Å². The smallest absolute Gasteiger partial charge is 0.259 e. The molecule has 0 saturated carbocycles. The largest absolute Gasteiger partial charge is 0.360 e. The fraction of sp³-hybridized carbons (Fsp3) is 0.176. The number of rotatable bonds is 5. The van der Waals surface area contributed by atoms with Crippen LogP contribution >= 0.6 is 23.4 Å². The first kappa shape index (κ1) is 18.2. The van der Waals surface area contributed by atoms with Gasteiger partial charge in [0.05, 0.1) is 17.0 Å². The third kappa shape index (κ3) is 4.33. The van der Waals surface area contributed by atoms with Crippen LogP contribution in [-0.2, 0) is 4.79 Å². The summed E-state index contributed by atoms with van der Waals surface area (Å²) in [5, 5.41) is 7.26. The van der Waals surface area contributed by atoms with Crippen molar-refractivity contribution in [2.75, 3.05) is 11.1 Å². The molecule has 134 valence electrons. The molecular formula is C17H15ClN4O3S. The predicted molar refractivity (Wildman–Crippen MR) is 101 cm³/mol. The summed E-state index contributed by atoms with van der Waals surface area (Å²) in [4.78, 5) is 31.4. The Morgan fingerprint density at radius 3 is 2.65 bits per heavy atom. The van der Waals surface area contributed by atoms with Crippen LogP contribution in [0.3, 0.4) is 0 Å². The molecule has 9 heteroatoms. The quantitative estimate of drug-likeness (QED) is 0.511. The number of anilines is 1. The standard InChI is InChI=1S/C17H15ClN4O3S/c1-9-7-13(22-25-9)20-14(23)8-26-17-19-10(2)15(16(24)21-17)11-3-5-12(18)6-4-11/h3-7H,8H2,1-2H3,(H,19,21,24)(H,20,22,23). The van der Waals surface area contributed by atoms with E-state index in [4.69, 9.17) is 16.1 Å². The molecule has 0 atom stereocenters. The molecule has 3 rings (SSSR count). The minimum absolute atomic E-state index is 0.0780. The summed E-state index contributed by atoms with van der Waals surface area (Å²) in [5.74, 6) is 0.760. The second-order valence-corrected chi connectivity index (χ2v) is 6.90. The van der Waals surface area contributed by atoms with Crippen molar-refractivity contribution in [3.05, 3.63) is 57.2 Å². The monoisotopic (exact) mass is 390 g/mol. The number of nitrogens with zero attached hydrogens (tertiary/aromatic N) is 2. The van der Waals surface area contributed by atoms with Crippen LogP contribution in [0.4, 0.5) is 5.82 Å². The molecule has 26 heavy (non-hydrogen) atoms. The van der Waals surface area contributed by atoms with Crippen LogP contribution in [0.15, 0.2) is 44.8 Å². The number of benzene rings is 1. The zero-order valence-corrected chi connectivity index (χ0v) is 15.6. The minimum atomic E-state index is -0.273. The van der Waals surface area contributed by atoms with Gasteiger partial charge in [0.15, 0.2) is 11.0 Å². The third-order valence-electron chi connectivity index (χ3n) is 3.45. The van der Waals surface area contributed by atoms with Gasteiger partial charge >= 0.3 is 0 Å². The molecule has 1 amide bonds. The van der Waals surface area contributed by atoms with Gasteiger partial charge in [0.1, 0.15) is 5.76 Å². The number of amides is 1. The van der Waals surface area contributed by atoms with E-state index in [0.29, 0.717) is 33.0 Å². The highest BCUT2D eigenvalue weighted by Gasteiger charge is 2.13. The maximum atomic E-state index is 12.4. The Hall–Kier alpha value is -2.58. The van der Waals surface area contributed by atoms with Gasteiger partial charge in [0.2, 0.25) is 5.91 Å². The van der Waals surface area contributed by atoms with Gasteiger partial charge in [0, 0.05) is 11.1 Å². The maximum Gasteiger partial charge on any atom is 0.259 e. The average Bonchev–Trinajstić information content (AvgIpc) is 2.99. The van der Waals surface area contributed by atoms with E-state index in [-0.39, 0.29) is 17.2 Å². The molecule has 7 nitrogen and oxygen atoms in total. The number of carbonyl (C=O) groups is 1. The summed E-state index contributed by atoms with van der Waals surface area (Å²) in [7, 11) is 0. The molecule has 0 saturated heterocycles.